The van der Waals surface area contributed by atoms with E-state index in [-0.39, 0.29) is 11.8 Å². The van der Waals surface area contributed by atoms with Gasteiger partial charge in [0.05, 0.1) is 12.8 Å². The number of anilines is 4. The summed E-state index contributed by atoms with van der Waals surface area (Å²) in [5.74, 6) is 1.27. The Balaban J connectivity index is 2.29. The van der Waals surface area contributed by atoms with E-state index in [2.05, 4.69) is 20.6 Å². The molecule has 4 N–H and O–H groups in total. The van der Waals surface area contributed by atoms with E-state index in [9.17, 15) is 4.39 Å². The third-order valence-corrected chi connectivity index (χ3v) is 2.53. The number of rotatable bonds is 5. The highest BCUT2D eigenvalue weighted by Gasteiger charge is 2.07. The first-order valence-corrected chi connectivity index (χ1v) is 6.11. The fourth-order valence-electron chi connectivity index (χ4n) is 1.71. The molecule has 0 aliphatic heterocycles. The third-order valence-electron chi connectivity index (χ3n) is 2.53. The topological polar surface area (TPSA) is 85.1 Å². The van der Waals surface area contributed by atoms with Crippen molar-refractivity contribution in [3.8, 4) is 5.75 Å². The zero-order valence-electron chi connectivity index (χ0n) is 11.3. The molecule has 20 heavy (non-hydrogen) atoms. The maximum Gasteiger partial charge on any atom is 0.223 e. The lowest BCUT2D eigenvalue weighted by molar-refractivity contribution is 0.413. The van der Waals surface area contributed by atoms with Gasteiger partial charge in [-0.1, -0.05) is 0 Å². The molecule has 2 aromatic rings. The van der Waals surface area contributed by atoms with Crippen LogP contribution >= 0.6 is 0 Å². The summed E-state index contributed by atoms with van der Waals surface area (Å²) in [7, 11) is 1.47. The number of ether oxygens (including phenoxy) is 1. The van der Waals surface area contributed by atoms with Crippen LogP contribution in [0.2, 0.25) is 0 Å². The van der Waals surface area contributed by atoms with Crippen LogP contribution in [-0.4, -0.2) is 23.6 Å². The SMILES string of the molecule is CCNc1cc(Nc2ccc(F)cc2OC)nc(N)n1. The van der Waals surface area contributed by atoms with Crippen molar-refractivity contribution in [3.05, 3.63) is 30.1 Å². The molecule has 106 valence electrons. The fourth-order valence-corrected chi connectivity index (χ4v) is 1.71. The number of benzene rings is 1. The molecule has 0 spiro atoms. The zero-order valence-corrected chi connectivity index (χ0v) is 11.3. The predicted molar refractivity (Wildman–Crippen MR) is 76.8 cm³/mol. The van der Waals surface area contributed by atoms with Gasteiger partial charge in [0.15, 0.2) is 0 Å². The van der Waals surface area contributed by atoms with Crippen LogP contribution in [0.4, 0.5) is 27.7 Å². The first-order chi connectivity index (χ1) is 9.62. The van der Waals surface area contributed by atoms with Gasteiger partial charge >= 0.3 is 0 Å². The number of methoxy groups -OCH3 is 1. The average Bonchev–Trinajstić information content (AvgIpc) is 2.40. The number of halogens is 1. The van der Waals surface area contributed by atoms with Crippen molar-refractivity contribution in [3.63, 3.8) is 0 Å². The molecule has 1 aromatic heterocycles. The van der Waals surface area contributed by atoms with Gasteiger partial charge in [-0.25, -0.2) is 4.39 Å². The molecular formula is C13H16FN5O. The number of nitrogens with two attached hydrogens (primary N) is 1. The number of nitrogens with zero attached hydrogens (tertiary/aromatic N) is 2. The van der Waals surface area contributed by atoms with E-state index in [1.165, 1.54) is 19.2 Å². The van der Waals surface area contributed by atoms with Crippen LogP contribution in [0.15, 0.2) is 24.3 Å². The molecule has 2 rings (SSSR count). The summed E-state index contributed by atoms with van der Waals surface area (Å²) < 4.78 is 18.3. The van der Waals surface area contributed by atoms with Crippen LogP contribution in [0.25, 0.3) is 0 Å². The molecule has 0 aliphatic carbocycles. The highest BCUT2D eigenvalue weighted by atomic mass is 19.1. The average molecular weight is 277 g/mol. The molecule has 1 heterocycles. The molecule has 0 amide bonds. The largest absolute Gasteiger partial charge is 0.494 e. The molecule has 0 atom stereocenters. The van der Waals surface area contributed by atoms with Crippen LogP contribution < -0.4 is 21.1 Å². The minimum Gasteiger partial charge on any atom is -0.494 e. The summed E-state index contributed by atoms with van der Waals surface area (Å²) in [6.45, 7) is 2.67. The van der Waals surface area contributed by atoms with Crippen LogP contribution in [-0.2, 0) is 0 Å². The van der Waals surface area contributed by atoms with E-state index in [0.29, 0.717) is 23.1 Å². The molecule has 0 aliphatic rings. The van der Waals surface area contributed by atoms with Gasteiger partial charge in [-0.15, -0.1) is 0 Å². The summed E-state index contributed by atoms with van der Waals surface area (Å²) in [6, 6.07) is 5.90. The Kier molecular flexibility index (Phi) is 4.19. The van der Waals surface area contributed by atoms with Gasteiger partial charge in [0.25, 0.3) is 0 Å². The Labute approximate surface area is 116 Å². The Hall–Kier alpha value is -2.57. The normalized spacial score (nSPS) is 10.2. The second kappa shape index (κ2) is 6.05. The Bertz CT molecular complexity index is 605. The zero-order chi connectivity index (χ0) is 14.5. The first-order valence-electron chi connectivity index (χ1n) is 6.11. The number of nitrogens with one attached hydrogen (secondary N) is 2. The molecule has 6 nitrogen and oxygen atoms in total. The summed E-state index contributed by atoms with van der Waals surface area (Å²) in [6.07, 6.45) is 0. The monoisotopic (exact) mass is 277 g/mol. The highest BCUT2D eigenvalue weighted by molar-refractivity contribution is 5.66. The number of hydrogen-bond acceptors (Lipinski definition) is 6. The van der Waals surface area contributed by atoms with Crippen molar-refractivity contribution in [2.45, 2.75) is 6.92 Å². The minimum absolute atomic E-state index is 0.145. The van der Waals surface area contributed by atoms with E-state index in [1.807, 2.05) is 6.92 Å². The van der Waals surface area contributed by atoms with Crippen molar-refractivity contribution in [2.75, 3.05) is 30.0 Å². The van der Waals surface area contributed by atoms with Gasteiger partial charge in [-0.05, 0) is 19.1 Å². The van der Waals surface area contributed by atoms with E-state index in [4.69, 9.17) is 10.5 Å². The van der Waals surface area contributed by atoms with Crippen LogP contribution in [0.3, 0.4) is 0 Å². The van der Waals surface area contributed by atoms with E-state index < -0.39 is 0 Å². The van der Waals surface area contributed by atoms with Crippen LogP contribution in [0, 0.1) is 5.82 Å². The maximum atomic E-state index is 13.1. The van der Waals surface area contributed by atoms with Gasteiger partial charge in [-0.3, -0.25) is 0 Å². The van der Waals surface area contributed by atoms with Crippen molar-refractivity contribution in [1.29, 1.82) is 0 Å². The van der Waals surface area contributed by atoms with Crippen LogP contribution in [0.1, 0.15) is 6.92 Å². The molecule has 0 saturated heterocycles. The standard InChI is InChI=1S/C13H16FN5O/c1-3-16-11-7-12(19-13(15)18-11)17-9-5-4-8(14)6-10(9)20-2/h4-7H,3H2,1-2H3,(H4,15,16,17,18,19). The molecule has 7 heteroatoms. The predicted octanol–water partition coefficient (Wildman–Crippen LogP) is 2.38. The Morgan fingerprint density at radius 3 is 2.70 bits per heavy atom. The lowest BCUT2D eigenvalue weighted by Crippen LogP contribution is -2.06. The quantitative estimate of drug-likeness (QED) is 0.778. The number of nitrogen functional groups attached to an aromatic ring is 1. The van der Waals surface area contributed by atoms with E-state index >= 15 is 0 Å². The molecule has 0 saturated carbocycles. The molecule has 1 aromatic carbocycles. The second-order valence-corrected chi connectivity index (χ2v) is 4.00. The van der Waals surface area contributed by atoms with E-state index in [0.717, 1.165) is 6.54 Å². The van der Waals surface area contributed by atoms with Crippen LogP contribution in [0.5, 0.6) is 5.75 Å². The fraction of sp³-hybridized carbons (Fsp3) is 0.231. The molecule has 0 unspecified atom stereocenters. The van der Waals surface area contributed by atoms with Gasteiger partial charge in [-0.2, -0.15) is 9.97 Å². The maximum absolute atomic E-state index is 13.1. The van der Waals surface area contributed by atoms with Gasteiger partial charge < -0.3 is 21.1 Å². The molecule has 0 radical (unpaired) electrons. The highest BCUT2D eigenvalue weighted by Crippen LogP contribution is 2.28. The summed E-state index contributed by atoms with van der Waals surface area (Å²) in [5, 5.41) is 6.08. The number of aromatic nitrogens is 2. The van der Waals surface area contributed by atoms with Gasteiger partial charge in [0.2, 0.25) is 5.95 Å². The minimum atomic E-state index is -0.372. The molecular weight excluding hydrogens is 261 g/mol. The van der Waals surface area contributed by atoms with Gasteiger partial charge in [0, 0.05) is 18.7 Å². The number of hydrogen-bond donors (Lipinski definition) is 3. The second-order valence-electron chi connectivity index (χ2n) is 4.00. The lowest BCUT2D eigenvalue weighted by atomic mass is 10.3. The lowest BCUT2D eigenvalue weighted by Gasteiger charge is -2.12. The summed E-state index contributed by atoms with van der Waals surface area (Å²) in [5.41, 5.74) is 6.24. The smallest absolute Gasteiger partial charge is 0.223 e. The first kappa shape index (κ1) is 13.9. The van der Waals surface area contributed by atoms with Crippen molar-refractivity contribution in [1.82, 2.24) is 9.97 Å². The Morgan fingerprint density at radius 2 is 2.00 bits per heavy atom. The summed E-state index contributed by atoms with van der Waals surface area (Å²) >= 11 is 0. The summed E-state index contributed by atoms with van der Waals surface area (Å²) in [4.78, 5) is 8.12. The molecule has 0 bridgehead atoms. The third kappa shape index (κ3) is 3.25. The Morgan fingerprint density at radius 1 is 1.25 bits per heavy atom. The molecule has 0 fully saturated rings. The van der Waals surface area contributed by atoms with Crippen molar-refractivity contribution < 1.29 is 9.13 Å². The van der Waals surface area contributed by atoms with Crippen molar-refractivity contribution in [2.24, 2.45) is 0 Å². The van der Waals surface area contributed by atoms with E-state index in [1.54, 1.807) is 12.1 Å². The van der Waals surface area contributed by atoms with Gasteiger partial charge in [0.1, 0.15) is 23.2 Å². The van der Waals surface area contributed by atoms with Crippen molar-refractivity contribution >= 4 is 23.3 Å².